The summed E-state index contributed by atoms with van der Waals surface area (Å²) in [6, 6.07) is 0. The molecular formula is C9H18N2O. The topological polar surface area (TPSA) is 69.1 Å². The zero-order chi connectivity index (χ0) is 9.57. The van der Waals surface area contributed by atoms with E-state index in [0.29, 0.717) is 6.42 Å². The predicted octanol–water partition coefficient (Wildman–Crippen LogP) is 0.625. The van der Waals surface area contributed by atoms with Gasteiger partial charge in [-0.3, -0.25) is 4.79 Å². The van der Waals surface area contributed by atoms with Crippen molar-refractivity contribution >= 4 is 5.78 Å². The fraction of sp³-hybridized carbons (Fsp3) is 0.889. The Bertz CT molecular complexity index is 209. The number of nitrogens with two attached hydrogens (primary N) is 2. The molecule has 1 rings (SSSR count). The lowest BCUT2D eigenvalue weighted by molar-refractivity contribution is -0.132. The Balaban J connectivity index is 2.85. The molecule has 12 heavy (non-hydrogen) atoms. The Labute approximate surface area is 73.5 Å². The van der Waals surface area contributed by atoms with E-state index < -0.39 is 5.66 Å². The maximum absolute atomic E-state index is 11.5. The number of hydrogen-bond donors (Lipinski definition) is 2. The molecule has 0 radical (unpaired) electrons. The van der Waals surface area contributed by atoms with E-state index in [9.17, 15) is 4.79 Å². The molecule has 1 atom stereocenters. The van der Waals surface area contributed by atoms with Crippen molar-refractivity contribution in [2.24, 2.45) is 22.8 Å². The summed E-state index contributed by atoms with van der Waals surface area (Å²) in [7, 11) is 0. The molecular weight excluding hydrogens is 152 g/mol. The Kier molecular flexibility index (Phi) is 2.05. The summed E-state index contributed by atoms with van der Waals surface area (Å²) in [5, 5.41) is 0. The van der Waals surface area contributed by atoms with E-state index in [4.69, 9.17) is 11.5 Å². The van der Waals surface area contributed by atoms with Crippen LogP contribution in [0.5, 0.6) is 0 Å². The van der Waals surface area contributed by atoms with Crippen molar-refractivity contribution < 1.29 is 4.79 Å². The molecule has 3 heteroatoms. The third-order valence-electron chi connectivity index (χ3n) is 2.80. The molecule has 1 fully saturated rings. The summed E-state index contributed by atoms with van der Waals surface area (Å²) in [4.78, 5) is 11.5. The van der Waals surface area contributed by atoms with Crippen LogP contribution < -0.4 is 11.5 Å². The van der Waals surface area contributed by atoms with Crippen LogP contribution in [0, 0.1) is 11.3 Å². The number of hydrogen-bond acceptors (Lipinski definition) is 3. The van der Waals surface area contributed by atoms with E-state index in [1.54, 1.807) is 0 Å². The van der Waals surface area contributed by atoms with Gasteiger partial charge in [0.05, 0.1) is 0 Å². The molecule has 70 valence electrons. The third kappa shape index (κ3) is 1.52. The lowest BCUT2D eigenvalue weighted by Gasteiger charge is -2.42. The SMILES string of the molecule is C[C@H]1CC(C)(C)CC(=O)C1(N)N. The van der Waals surface area contributed by atoms with Gasteiger partial charge < -0.3 is 11.5 Å². The first-order valence-corrected chi connectivity index (χ1v) is 4.37. The summed E-state index contributed by atoms with van der Waals surface area (Å²) in [5.41, 5.74) is 10.4. The minimum Gasteiger partial charge on any atom is -0.307 e. The van der Waals surface area contributed by atoms with E-state index >= 15 is 0 Å². The highest BCUT2D eigenvalue weighted by Gasteiger charge is 2.44. The zero-order valence-electron chi connectivity index (χ0n) is 8.05. The minimum absolute atomic E-state index is 0.00810. The first-order valence-electron chi connectivity index (χ1n) is 4.37. The van der Waals surface area contributed by atoms with Crippen molar-refractivity contribution in [2.45, 2.75) is 39.3 Å². The molecule has 1 aliphatic carbocycles. The number of Topliss-reactive ketones (excluding diaryl/α,β-unsaturated/α-hetero) is 1. The predicted molar refractivity (Wildman–Crippen MR) is 48.3 cm³/mol. The number of rotatable bonds is 0. The average molecular weight is 170 g/mol. The van der Waals surface area contributed by atoms with Gasteiger partial charge in [-0.25, -0.2) is 0 Å². The second kappa shape index (κ2) is 2.54. The Morgan fingerprint density at radius 2 is 1.92 bits per heavy atom. The Morgan fingerprint density at radius 1 is 1.42 bits per heavy atom. The second-order valence-corrected chi connectivity index (χ2v) is 4.80. The zero-order valence-corrected chi connectivity index (χ0v) is 8.05. The molecule has 0 spiro atoms. The van der Waals surface area contributed by atoms with E-state index in [1.807, 2.05) is 6.92 Å². The first kappa shape index (κ1) is 9.68. The van der Waals surface area contributed by atoms with Crippen LogP contribution in [0.2, 0.25) is 0 Å². The van der Waals surface area contributed by atoms with Gasteiger partial charge in [0.1, 0.15) is 5.66 Å². The monoisotopic (exact) mass is 170 g/mol. The van der Waals surface area contributed by atoms with E-state index in [2.05, 4.69) is 13.8 Å². The number of ketones is 1. The molecule has 1 aliphatic rings. The normalized spacial score (nSPS) is 33.4. The highest BCUT2D eigenvalue weighted by atomic mass is 16.1. The molecule has 0 aromatic carbocycles. The highest BCUT2D eigenvalue weighted by Crippen LogP contribution is 2.38. The van der Waals surface area contributed by atoms with Crippen molar-refractivity contribution in [1.82, 2.24) is 0 Å². The maximum Gasteiger partial charge on any atom is 0.167 e. The summed E-state index contributed by atoms with van der Waals surface area (Å²) < 4.78 is 0. The molecule has 0 aromatic rings. The summed E-state index contributed by atoms with van der Waals surface area (Å²) >= 11 is 0. The molecule has 0 bridgehead atoms. The van der Waals surface area contributed by atoms with E-state index in [0.717, 1.165) is 6.42 Å². The van der Waals surface area contributed by atoms with Gasteiger partial charge in [0.2, 0.25) is 0 Å². The first-order chi connectivity index (χ1) is 5.26. The largest absolute Gasteiger partial charge is 0.307 e. The quantitative estimate of drug-likeness (QED) is 0.524. The van der Waals surface area contributed by atoms with Crippen molar-refractivity contribution in [2.75, 3.05) is 0 Å². The molecule has 0 amide bonds. The molecule has 3 nitrogen and oxygen atoms in total. The lowest BCUT2D eigenvalue weighted by Crippen LogP contribution is -2.64. The summed E-state index contributed by atoms with van der Waals surface area (Å²) in [6.45, 7) is 6.10. The van der Waals surface area contributed by atoms with Crippen LogP contribution >= 0.6 is 0 Å². The molecule has 0 heterocycles. The standard InChI is InChI=1S/C9H18N2O/c1-6-4-8(2,3)5-7(12)9(6,10)11/h6H,4-5,10-11H2,1-3H3/t6-/m0/s1. The average Bonchev–Trinajstić information content (AvgIpc) is 1.82. The molecule has 0 saturated heterocycles. The van der Waals surface area contributed by atoms with E-state index in [1.165, 1.54) is 0 Å². The van der Waals surface area contributed by atoms with Crippen LogP contribution in [0.3, 0.4) is 0 Å². The Morgan fingerprint density at radius 3 is 2.33 bits per heavy atom. The van der Waals surface area contributed by atoms with Crippen LogP contribution in [0.1, 0.15) is 33.6 Å². The van der Waals surface area contributed by atoms with Crippen LogP contribution in [0.15, 0.2) is 0 Å². The third-order valence-corrected chi connectivity index (χ3v) is 2.80. The Hall–Kier alpha value is -0.410. The molecule has 1 saturated carbocycles. The van der Waals surface area contributed by atoms with Crippen LogP contribution in [0.4, 0.5) is 0 Å². The van der Waals surface area contributed by atoms with Crippen molar-refractivity contribution in [1.29, 1.82) is 0 Å². The summed E-state index contributed by atoms with van der Waals surface area (Å²) in [5.74, 6) is 0.0694. The van der Waals surface area contributed by atoms with Gasteiger partial charge in [-0.05, 0) is 17.8 Å². The van der Waals surface area contributed by atoms with Crippen LogP contribution in [-0.4, -0.2) is 11.4 Å². The van der Waals surface area contributed by atoms with Gasteiger partial charge in [0, 0.05) is 6.42 Å². The van der Waals surface area contributed by atoms with Gasteiger partial charge in [-0.1, -0.05) is 20.8 Å². The second-order valence-electron chi connectivity index (χ2n) is 4.80. The highest BCUT2D eigenvalue weighted by molar-refractivity contribution is 5.89. The van der Waals surface area contributed by atoms with E-state index in [-0.39, 0.29) is 17.1 Å². The fourth-order valence-electron chi connectivity index (χ4n) is 1.93. The van der Waals surface area contributed by atoms with Crippen LogP contribution in [-0.2, 0) is 4.79 Å². The number of carbonyl (C=O) groups is 1. The van der Waals surface area contributed by atoms with Gasteiger partial charge in [-0.2, -0.15) is 0 Å². The maximum atomic E-state index is 11.5. The van der Waals surface area contributed by atoms with Crippen molar-refractivity contribution in [3.8, 4) is 0 Å². The molecule has 4 N–H and O–H groups in total. The molecule has 0 aliphatic heterocycles. The minimum atomic E-state index is -1.09. The van der Waals surface area contributed by atoms with Gasteiger partial charge >= 0.3 is 0 Å². The smallest absolute Gasteiger partial charge is 0.167 e. The lowest BCUT2D eigenvalue weighted by atomic mass is 9.67. The van der Waals surface area contributed by atoms with Gasteiger partial charge in [-0.15, -0.1) is 0 Å². The fourth-order valence-corrected chi connectivity index (χ4v) is 1.93. The van der Waals surface area contributed by atoms with Crippen molar-refractivity contribution in [3.05, 3.63) is 0 Å². The van der Waals surface area contributed by atoms with Crippen LogP contribution in [0.25, 0.3) is 0 Å². The number of carbonyl (C=O) groups excluding carboxylic acids is 1. The molecule has 0 aromatic heterocycles. The van der Waals surface area contributed by atoms with Gasteiger partial charge in [0.15, 0.2) is 5.78 Å². The molecule has 0 unspecified atom stereocenters. The summed E-state index contributed by atoms with van der Waals surface area (Å²) in [6.07, 6.45) is 1.43. The van der Waals surface area contributed by atoms with Crippen molar-refractivity contribution in [3.63, 3.8) is 0 Å². The van der Waals surface area contributed by atoms with Gasteiger partial charge in [0.25, 0.3) is 0 Å².